The van der Waals surface area contributed by atoms with Crippen LogP contribution in [0.3, 0.4) is 0 Å². The average Bonchev–Trinajstić information content (AvgIpc) is 2.57. The van der Waals surface area contributed by atoms with Crippen LogP contribution >= 0.6 is 0 Å². The summed E-state index contributed by atoms with van der Waals surface area (Å²) in [4.78, 5) is 36.9. The lowest BCUT2D eigenvalue weighted by atomic mass is 9.49. The third kappa shape index (κ3) is 3.53. The first-order chi connectivity index (χ1) is 11.9. The summed E-state index contributed by atoms with van der Waals surface area (Å²) in [6.07, 6.45) is 6.64. The second-order valence-electron chi connectivity index (χ2n) is 8.43. The molecule has 4 fully saturated rings. The zero-order chi connectivity index (χ0) is 18.2. The molecule has 0 saturated heterocycles. The summed E-state index contributed by atoms with van der Waals surface area (Å²) >= 11 is 0. The van der Waals surface area contributed by atoms with Crippen LogP contribution in [0.5, 0.6) is 0 Å². The third-order valence-corrected chi connectivity index (χ3v) is 6.55. The number of hydrogen-bond donors (Lipinski definition) is 1. The SMILES string of the molecule is COC(=O)C[C@H](C)[C@H](NC(=O)C12CC3CC(CC(C3)C1)C2)C(=O)OC. The molecule has 0 aromatic carbocycles. The second kappa shape index (κ2) is 6.96. The molecule has 0 spiro atoms. The number of esters is 2. The van der Waals surface area contributed by atoms with Crippen molar-refractivity contribution in [2.75, 3.05) is 14.2 Å². The smallest absolute Gasteiger partial charge is 0.328 e. The lowest BCUT2D eigenvalue weighted by Gasteiger charge is -2.55. The highest BCUT2D eigenvalue weighted by molar-refractivity contribution is 5.89. The molecule has 4 bridgehead atoms. The van der Waals surface area contributed by atoms with E-state index < -0.39 is 18.0 Å². The van der Waals surface area contributed by atoms with Crippen LogP contribution in [0.2, 0.25) is 0 Å². The van der Waals surface area contributed by atoms with Crippen LogP contribution in [0, 0.1) is 29.1 Å². The number of carbonyl (C=O) groups is 3. The van der Waals surface area contributed by atoms with E-state index in [0.29, 0.717) is 17.8 Å². The molecule has 0 radical (unpaired) electrons. The second-order valence-corrected chi connectivity index (χ2v) is 8.43. The zero-order valence-corrected chi connectivity index (χ0v) is 15.4. The van der Waals surface area contributed by atoms with E-state index in [-0.39, 0.29) is 23.7 Å². The Morgan fingerprint density at radius 1 is 1.00 bits per heavy atom. The van der Waals surface area contributed by atoms with E-state index in [9.17, 15) is 14.4 Å². The Bertz CT molecular complexity index is 523. The minimum Gasteiger partial charge on any atom is -0.469 e. The Kier molecular flexibility index (Phi) is 5.07. The highest BCUT2D eigenvalue weighted by Gasteiger charge is 2.55. The van der Waals surface area contributed by atoms with Crippen LogP contribution in [0.4, 0.5) is 0 Å². The number of ether oxygens (including phenoxy) is 2. The molecule has 1 N–H and O–H groups in total. The number of hydrogen-bond acceptors (Lipinski definition) is 5. The van der Waals surface area contributed by atoms with Crippen LogP contribution in [0.15, 0.2) is 0 Å². The van der Waals surface area contributed by atoms with Crippen molar-refractivity contribution in [3.8, 4) is 0 Å². The molecule has 4 aliphatic rings. The van der Waals surface area contributed by atoms with Gasteiger partial charge in [0.05, 0.1) is 20.6 Å². The van der Waals surface area contributed by atoms with Gasteiger partial charge < -0.3 is 14.8 Å². The first-order valence-electron chi connectivity index (χ1n) is 9.32. The molecule has 0 heterocycles. The zero-order valence-electron chi connectivity index (χ0n) is 15.4. The molecule has 0 aromatic heterocycles. The van der Waals surface area contributed by atoms with E-state index >= 15 is 0 Å². The molecular formula is C19H29NO5. The van der Waals surface area contributed by atoms with Crippen molar-refractivity contribution in [3.05, 3.63) is 0 Å². The minimum atomic E-state index is -0.815. The molecule has 1 amide bonds. The summed E-state index contributed by atoms with van der Waals surface area (Å²) in [5.41, 5.74) is -0.327. The largest absolute Gasteiger partial charge is 0.469 e. The van der Waals surface area contributed by atoms with Crippen LogP contribution in [0.25, 0.3) is 0 Å². The van der Waals surface area contributed by atoms with Crippen molar-refractivity contribution >= 4 is 17.8 Å². The fraction of sp³-hybridized carbons (Fsp3) is 0.842. The van der Waals surface area contributed by atoms with E-state index in [1.54, 1.807) is 6.92 Å². The van der Waals surface area contributed by atoms with Gasteiger partial charge in [0, 0.05) is 5.41 Å². The Labute approximate surface area is 149 Å². The molecule has 2 atom stereocenters. The standard InChI is InChI=1S/C19H29NO5/c1-11(4-15(21)24-2)16(17(22)25-3)20-18(23)19-8-12-5-13(9-19)7-14(6-12)10-19/h11-14,16H,4-10H2,1-3H3,(H,20,23)/t11-,12?,13?,14?,16-,19?/m0/s1. The summed E-state index contributed by atoms with van der Waals surface area (Å²) in [5.74, 6) is 0.652. The fourth-order valence-electron chi connectivity index (χ4n) is 5.71. The van der Waals surface area contributed by atoms with Gasteiger partial charge in [-0.15, -0.1) is 0 Å². The first-order valence-corrected chi connectivity index (χ1v) is 9.32. The molecule has 6 heteroatoms. The Morgan fingerprint density at radius 2 is 1.52 bits per heavy atom. The van der Waals surface area contributed by atoms with Gasteiger partial charge in [0.2, 0.25) is 5.91 Å². The molecule has 4 saturated carbocycles. The van der Waals surface area contributed by atoms with Gasteiger partial charge in [-0.3, -0.25) is 9.59 Å². The maximum atomic E-state index is 13.2. The lowest BCUT2D eigenvalue weighted by Crippen LogP contribution is -2.57. The molecule has 0 unspecified atom stereocenters. The molecule has 25 heavy (non-hydrogen) atoms. The minimum absolute atomic E-state index is 0.0290. The summed E-state index contributed by atoms with van der Waals surface area (Å²) in [6.45, 7) is 1.76. The van der Waals surface area contributed by atoms with Gasteiger partial charge in [0.1, 0.15) is 6.04 Å². The Morgan fingerprint density at radius 3 is 1.96 bits per heavy atom. The van der Waals surface area contributed by atoms with Crippen molar-refractivity contribution in [2.45, 2.75) is 57.9 Å². The number of methoxy groups -OCH3 is 2. The highest BCUT2D eigenvalue weighted by Crippen LogP contribution is 2.60. The molecule has 4 aliphatic carbocycles. The summed E-state index contributed by atoms with van der Waals surface area (Å²) in [7, 11) is 2.62. The maximum absolute atomic E-state index is 13.2. The van der Waals surface area contributed by atoms with Gasteiger partial charge >= 0.3 is 11.9 Å². The van der Waals surface area contributed by atoms with E-state index in [0.717, 1.165) is 19.3 Å². The summed E-state index contributed by atoms with van der Waals surface area (Å²) < 4.78 is 9.55. The molecule has 0 aromatic rings. The molecule has 6 nitrogen and oxygen atoms in total. The summed E-state index contributed by atoms with van der Waals surface area (Å²) in [6, 6.07) is -0.815. The molecule has 140 valence electrons. The van der Waals surface area contributed by atoms with Crippen LogP contribution in [-0.2, 0) is 23.9 Å². The lowest BCUT2D eigenvalue weighted by molar-refractivity contribution is -0.155. The number of rotatable bonds is 6. The van der Waals surface area contributed by atoms with Crippen molar-refractivity contribution in [1.82, 2.24) is 5.32 Å². The van der Waals surface area contributed by atoms with Gasteiger partial charge in [-0.05, 0) is 62.2 Å². The highest BCUT2D eigenvalue weighted by atomic mass is 16.5. The first kappa shape index (κ1) is 18.2. The third-order valence-electron chi connectivity index (χ3n) is 6.55. The average molecular weight is 351 g/mol. The monoisotopic (exact) mass is 351 g/mol. The van der Waals surface area contributed by atoms with Crippen LogP contribution in [-0.4, -0.2) is 38.1 Å². The van der Waals surface area contributed by atoms with E-state index in [4.69, 9.17) is 4.74 Å². The normalized spacial score (nSPS) is 34.9. The van der Waals surface area contributed by atoms with Gasteiger partial charge in [0.15, 0.2) is 0 Å². The number of amides is 1. The molecule has 4 rings (SSSR count). The van der Waals surface area contributed by atoms with Gasteiger partial charge in [-0.2, -0.15) is 0 Å². The number of nitrogens with one attached hydrogen (secondary N) is 1. The molecular weight excluding hydrogens is 322 g/mol. The van der Waals surface area contributed by atoms with Crippen LogP contribution < -0.4 is 5.32 Å². The quantitative estimate of drug-likeness (QED) is 0.741. The van der Waals surface area contributed by atoms with Gasteiger partial charge in [-0.25, -0.2) is 4.79 Å². The van der Waals surface area contributed by atoms with Gasteiger partial charge in [0.25, 0.3) is 0 Å². The van der Waals surface area contributed by atoms with Crippen molar-refractivity contribution < 1.29 is 23.9 Å². The predicted octanol–water partition coefficient (Wildman–Crippen LogP) is 2.06. The van der Waals surface area contributed by atoms with Crippen molar-refractivity contribution in [1.29, 1.82) is 0 Å². The van der Waals surface area contributed by atoms with E-state index in [2.05, 4.69) is 10.1 Å². The maximum Gasteiger partial charge on any atom is 0.328 e. The van der Waals surface area contributed by atoms with E-state index in [1.165, 1.54) is 33.5 Å². The van der Waals surface area contributed by atoms with Crippen molar-refractivity contribution in [3.63, 3.8) is 0 Å². The predicted molar refractivity (Wildman–Crippen MR) is 90.3 cm³/mol. The fourth-order valence-corrected chi connectivity index (χ4v) is 5.71. The molecule has 0 aliphatic heterocycles. The topological polar surface area (TPSA) is 81.7 Å². The Balaban J connectivity index is 1.72. The van der Waals surface area contributed by atoms with Gasteiger partial charge in [-0.1, -0.05) is 6.92 Å². The van der Waals surface area contributed by atoms with E-state index in [1.807, 2.05) is 0 Å². The van der Waals surface area contributed by atoms with Crippen molar-refractivity contribution in [2.24, 2.45) is 29.1 Å². The Hall–Kier alpha value is -1.59. The number of carbonyl (C=O) groups excluding carboxylic acids is 3. The summed E-state index contributed by atoms with van der Waals surface area (Å²) in [5, 5.41) is 2.93. The van der Waals surface area contributed by atoms with Crippen LogP contribution in [0.1, 0.15) is 51.9 Å².